The maximum atomic E-state index is 12.3. The van der Waals surface area contributed by atoms with Crippen LogP contribution in [0.5, 0.6) is 0 Å². The van der Waals surface area contributed by atoms with Gasteiger partial charge in [0.05, 0.1) is 41.9 Å². The number of hydrogen-bond donors (Lipinski definition) is 2. The number of likely N-dealkylation sites (tertiary alicyclic amines) is 1. The van der Waals surface area contributed by atoms with Gasteiger partial charge < -0.3 is 9.73 Å². The monoisotopic (exact) mass is 422 g/mol. The second kappa shape index (κ2) is 9.73. The zero-order valence-electron chi connectivity index (χ0n) is 15.0. The summed E-state index contributed by atoms with van der Waals surface area (Å²) in [5.41, 5.74) is 3.78. The molecule has 148 valence electrons. The van der Waals surface area contributed by atoms with E-state index in [9.17, 15) is 9.59 Å². The third kappa shape index (κ3) is 5.82. The molecule has 0 aliphatic carbocycles. The highest BCUT2D eigenvalue weighted by Gasteiger charge is 2.26. The normalized spacial score (nSPS) is 17.6. The largest absolute Gasteiger partial charge is 0.472 e. The third-order valence-corrected chi connectivity index (χ3v) is 4.94. The van der Waals surface area contributed by atoms with E-state index in [-0.39, 0.29) is 24.3 Å². The molecule has 28 heavy (non-hydrogen) atoms. The van der Waals surface area contributed by atoms with Crippen molar-refractivity contribution in [1.82, 2.24) is 10.3 Å². The summed E-state index contributed by atoms with van der Waals surface area (Å²) in [5.74, 6) is -0.594. The van der Waals surface area contributed by atoms with Crippen molar-refractivity contribution in [3.05, 3.63) is 52.4 Å². The molecule has 7 nitrogen and oxygen atoms in total. The van der Waals surface area contributed by atoms with Gasteiger partial charge in [-0.1, -0.05) is 23.2 Å². The van der Waals surface area contributed by atoms with Gasteiger partial charge in [-0.2, -0.15) is 5.10 Å². The highest BCUT2D eigenvalue weighted by atomic mass is 35.5. The molecular formula is C19H20Cl2N4O3. The highest BCUT2D eigenvalue weighted by Crippen LogP contribution is 2.25. The van der Waals surface area contributed by atoms with Crippen molar-refractivity contribution in [1.29, 1.82) is 0 Å². The molecule has 1 aromatic carbocycles. The average molecular weight is 423 g/mol. The first-order chi connectivity index (χ1) is 13.5. The predicted octanol–water partition coefficient (Wildman–Crippen LogP) is 3.39. The van der Waals surface area contributed by atoms with Gasteiger partial charge in [0.25, 0.3) is 0 Å². The Bertz CT molecular complexity index is 855. The van der Waals surface area contributed by atoms with Crippen molar-refractivity contribution in [2.75, 3.05) is 25.0 Å². The molecule has 0 radical (unpaired) electrons. The minimum Gasteiger partial charge on any atom is -0.472 e. The van der Waals surface area contributed by atoms with E-state index in [1.165, 1.54) is 18.7 Å². The van der Waals surface area contributed by atoms with Gasteiger partial charge in [0.2, 0.25) is 11.8 Å². The lowest BCUT2D eigenvalue weighted by atomic mass is 9.97. The van der Waals surface area contributed by atoms with Crippen molar-refractivity contribution in [3.8, 4) is 0 Å². The van der Waals surface area contributed by atoms with Crippen LogP contribution in [0.4, 0.5) is 5.69 Å². The second-order valence-corrected chi connectivity index (χ2v) is 7.38. The molecule has 0 bridgehead atoms. The summed E-state index contributed by atoms with van der Waals surface area (Å²) in [4.78, 5) is 26.6. The molecule has 9 heteroatoms. The van der Waals surface area contributed by atoms with Crippen LogP contribution in [0.25, 0.3) is 0 Å². The van der Waals surface area contributed by atoms with Gasteiger partial charge in [0, 0.05) is 17.1 Å². The zero-order chi connectivity index (χ0) is 19.9. The number of hydrogen-bond acceptors (Lipinski definition) is 5. The van der Waals surface area contributed by atoms with E-state index >= 15 is 0 Å². The number of carbonyl (C=O) groups is 2. The average Bonchev–Trinajstić information content (AvgIpc) is 3.18. The number of benzene rings is 1. The molecule has 1 fully saturated rings. The van der Waals surface area contributed by atoms with Gasteiger partial charge in [-0.05, 0) is 43.7 Å². The van der Waals surface area contributed by atoms with Crippen LogP contribution in [0, 0.1) is 5.92 Å². The van der Waals surface area contributed by atoms with E-state index in [0.717, 1.165) is 24.9 Å². The van der Waals surface area contributed by atoms with E-state index in [0.29, 0.717) is 22.3 Å². The number of nitrogens with one attached hydrogen (secondary N) is 2. The summed E-state index contributed by atoms with van der Waals surface area (Å²) in [6.45, 7) is 1.41. The van der Waals surface area contributed by atoms with Crippen molar-refractivity contribution >= 4 is 46.9 Å². The summed E-state index contributed by atoms with van der Waals surface area (Å²) in [5, 5.41) is 7.61. The van der Waals surface area contributed by atoms with Gasteiger partial charge in [0.1, 0.15) is 0 Å². The SMILES string of the molecule is O=C(CN1CCC[C@H](C(=O)N/N=C\c2ccoc2)C1)Nc1cc(Cl)ccc1Cl. The molecule has 1 atom stereocenters. The third-order valence-electron chi connectivity index (χ3n) is 4.38. The maximum absolute atomic E-state index is 12.3. The number of anilines is 1. The number of furan rings is 1. The van der Waals surface area contributed by atoms with Crippen molar-refractivity contribution < 1.29 is 14.0 Å². The van der Waals surface area contributed by atoms with Crippen molar-refractivity contribution in [3.63, 3.8) is 0 Å². The molecule has 1 aromatic heterocycles. The molecule has 1 aliphatic rings. The van der Waals surface area contributed by atoms with Gasteiger partial charge in [-0.3, -0.25) is 14.5 Å². The first-order valence-electron chi connectivity index (χ1n) is 8.83. The van der Waals surface area contributed by atoms with E-state index in [1.54, 1.807) is 24.3 Å². The van der Waals surface area contributed by atoms with Gasteiger partial charge in [0.15, 0.2) is 0 Å². The molecule has 1 saturated heterocycles. The molecule has 0 spiro atoms. The zero-order valence-corrected chi connectivity index (χ0v) is 16.5. The topological polar surface area (TPSA) is 86.9 Å². The minimum atomic E-state index is -0.224. The Morgan fingerprint density at radius 1 is 1.32 bits per heavy atom. The summed E-state index contributed by atoms with van der Waals surface area (Å²) in [6.07, 6.45) is 6.16. The highest BCUT2D eigenvalue weighted by molar-refractivity contribution is 6.35. The van der Waals surface area contributed by atoms with Crippen LogP contribution in [-0.2, 0) is 9.59 Å². The van der Waals surface area contributed by atoms with Crippen LogP contribution in [-0.4, -0.2) is 42.6 Å². The maximum Gasteiger partial charge on any atom is 0.244 e. The molecule has 2 amide bonds. The molecule has 2 heterocycles. The van der Waals surface area contributed by atoms with Crippen molar-refractivity contribution in [2.45, 2.75) is 12.8 Å². The lowest BCUT2D eigenvalue weighted by Gasteiger charge is -2.31. The van der Waals surface area contributed by atoms with Gasteiger partial charge in [-0.15, -0.1) is 0 Å². The number of hydrazone groups is 1. The number of piperidine rings is 1. The van der Waals surface area contributed by atoms with Crippen LogP contribution in [0.15, 0.2) is 46.3 Å². The fourth-order valence-electron chi connectivity index (χ4n) is 3.01. The van der Waals surface area contributed by atoms with E-state index < -0.39 is 0 Å². The smallest absolute Gasteiger partial charge is 0.244 e. The number of carbonyl (C=O) groups excluding carboxylic acids is 2. The molecule has 0 saturated carbocycles. The predicted molar refractivity (Wildman–Crippen MR) is 109 cm³/mol. The van der Waals surface area contributed by atoms with Crippen LogP contribution in [0.2, 0.25) is 10.0 Å². The number of halogens is 2. The fraction of sp³-hybridized carbons (Fsp3) is 0.316. The van der Waals surface area contributed by atoms with Crippen molar-refractivity contribution in [2.24, 2.45) is 11.0 Å². The van der Waals surface area contributed by atoms with E-state index in [2.05, 4.69) is 15.8 Å². The number of amides is 2. The minimum absolute atomic E-state index is 0.164. The van der Waals surface area contributed by atoms with E-state index in [4.69, 9.17) is 27.6 Å². The Hall–Kier alpha value is -2.35. The van der Waals surface area contributed by atoms with Gasteiger partial charge in [-0.25, -0.2) is 5.43 Å². The molecule has 3 rings (SSSR count). The molecule has 2 N–H and O–H groups in total. The van der Waals surface area contributed by atoms with Crippen LogP contribution >= 0.6 is 23.2 Å². The van der Waals surface area contributed by atoms with Crippen LogP contribution in [0.3, 0.4) is 0 Å². The Kier molecular flexibility index (Phi) is 7.08. The molecule has 0 unspecified atom stereocenters. The van der Waals surface area contributed by atoms with Gasteiger partial charge >= 0.3 is 0 Å². The standard InChI is InChI=1S/C19H20Cl2N4O3/c20-15-3-4-16(21)17(8-15)23-18(26)11-25-6-1-2-14(10-25)19(27)24-22-9-13-5-7-28-12-13/h3-5,7-9,12,14H,1-2,6,10-11H2,(H,23,26)(H,24,27)/b22-9-/t14-/m0/s1. The van der Waals surface area contributed by atoms with Crippen LogP contribution < -0.4 is 10.7 Å². The summed E-state index contributed by atoms with van der Waals surface area (Å²) in [7, 11) is 0. The lowest BCUT2D eigenvalue weighted by molar-refractivity contribution is -0.127. The van der Waals surface area contributed by atoms with Crippen LogP contribution in [0.1, 0.15) is 18.4 Å². The number of nitrogens with zero attached hydrogens (tertiary/aromatic N) is 2. The summed E-state index contributed by atoms with van der Waals surface area (Å²) < 4.78 is 4.93. The first kappa shape index (κ1) is 20.4. The Labute approximate surface area is 172 Å². The Balaban J connectivity index is 1.49. The Morgan fingerprint density at radius 3 is 2.96 bits per heavy atom. The quantitative estimate of drug-likeness (QED) is 0.551. The molecule has 1 aliphatic heterocycles. The summed E-state index contributed by atoms with van der Waals surface area (Å²) >= 11 is 12.0. The second-order valence-electron chi connectivity index (χ2n) is 6.54. The molecule has 2 aromatic rings. The first-order valence-corrected chi connectivity index (χ1v) is 9.59. The lowest BCUT2D eigenvalue weighted by Crippen LogP contribution is -2.44. The van der Waals surface area contributed by atoms with E-state index in [1.807, 2.05) is 4.90 Å². The Morgan fingerprint density at radius 2 is 2.18 bits per heavy atom. The molecular weight excluding hydrogens is 403 g/mol. The fourth-order valence-corrected chi connectivity index (χ4v) is 3.35. The summed E-state index contributed by atoms with van der Waals surface area (Å²) in [6, 6.07) is 6.63. The number of rotatable bonds is 6.